The van der Waals surface area contributed by atoms with Crippen molar-refractivity contribution in [1.82, 2.24) is 6.15 Å². The minimum Gasteiger partial charge on any atom is -1.00 e. The molecule has 0 aromatic heterocycles. The Labute approximate surface area is 56.2 Å². The van der Waals surface area contributed by atoms with E-state index in [0.29, 0.717) is 0 Å². The standard InChI is InChI=1S/2ClH.H3N.H2O.Zn/h2*1H;1H3;1H2;/p-1. The first-order valence-corrected chi connectivity index (χ1v) is 0. The van der Waals surface area contributed by atoms with Crippen LogP contribution in [0.2, 0.25) is 0 Å². The molecule has 6 N–H and O–H groups in total. The Morgan fingerprint density at radius 2 is 0.800 bits per heavy atom. The van der Waals surface area contributed by atoms with Gasteiger partial charge in [0.15, 0.2) is 0 Å². The quantitative estimate of drug-likeness (QED) is 0.353. The molecule has 0 aromatic rings. The molecule has 0 fully saturated rings. The van der Waals surface area contributed by atoms with E-state index in [-0.39, 0.29) is 55.9 Å². The third-order valence-electron chi connectivity index (χ3n) is 0. The van der Waals surface area contributed by atoms with Gasteiger partial charge in [-0.3, -0.25) is 0 Å². The first-order chi connectivity index (χ1) is 0. The van der Waals surface area contributed by atoms with Gasteiger partial charge >= 0.3 is 0 Å². The van der Waals surface area contributed by atoms with Crippen LogP contribution in [0.3, 0.4) is 0 Å². The van der Waals surface area contributed by atoms with Gasteiger partial charge < -0.3 is 36.4 Å². The van der Waals surface area contributed by atoms with E-state index in [1.54, 1.807) is 0 Å². The number of hydrogen-bond donors (Lipinski definition) is 1. The Kier molecular flexibility index (Phi) is 1760. The Balaban J connectivity index is 0. The van der Waals surface area contributed by atoms with Crippen molar-refractivity contribution in [2.45, 2.75) is 0 Å². The molecule has 2 nitrogen and oxygen atoms in total. The van der Waals surface area contributed by atoms with Gasteiger partial charge in [0.2, 0.25) is 0 Å². The number of quaternary nitrogens is 1. The van der Waals surface area contributed by atoms with Gasteiger partial charge in [0.05, 0.1) is 0 Å². The van der Waals surface area contributed by atoms with Crippen molar-refractivity contribution in [2.75, 3.05) is 0 Å². The van der Waals surface area contributed by atoms with Gasteiger partial charge in [-0.05, 0) is 0 Å². The minimum atomic E-state index is 0. The molecule has 34 valence electrons. The molecule has 0 aromatic carbocycles. The van der Waals surface area contributed by atoms with Crippen LogP contribution < -0.4 is 31.0 Å². The molecule has 0 bridgehead atoms. The van der Waals surface area contributed by atoms with E-state index in [2.05, 4.69) is 0 Å². The monoisotopic (exact) mass is 170 g/mol. The summed E-state index contributed by atoms with van der Waals surface area (Å²) in [6.07, 6.45) is 0. The molecular formula is H6Cl2NOZn-. The largest absolute Gasteiger partial charge is 1.00 e. The van der Waals surface area contributed by atoms with Crippen molar-refractivity contribution in [2.24, 2.45) is 0 Å². The van der Waals surface area contributed by atoms with Crippen molar-refractivity contribution in [3.8, 4) is 0 Å². The Bertz CT molecular complexity index is 9.61. The van der Waals surface area contributed by atoms with Crippen molar-refractivity contribution >= 4 is 0 Å². The van der Waals surface area contributed by atoms with Gasteiger partial charge in [-0.15, -0.1) is 0 Å². The van der Waals surface area contributed by atoms with E-state index in [0.717, 1.165) is 0 Å². The molecule has 0 aliphatic heterocycles. The molecule has 0 spiro atoms. The van der Waals surface area contributed by atoms with Gasteiger partial charge in [-0.1, -0.05) is 0 Å². The van der Waals surface area contributed by atoms with Crippen molar-refractivity contribution in [3.05, 3.63) is 0 Å². The van der Waals surface area contributed by atoms with E-state index < -0.39 is 0 Å². The van der Waals surface area contributed by atoms with Crippen LogP contribution in [0.25, 0.3) is 0 Å². The normalized spacial score (nSPS) is 0. The average Bonchev–Trinajstić information content (AvgIpc) is 0. The summed E-state index contributed by atoms with van der Waals surface area (Å²) in [5.41, 5.74) is 0. The van der Waals surface area contributed by atoms with Crippen LogP contribution in [0.1, 0.15) is 0 Å². The molecule has 0 rings (SSSR count). The van der Waals surface area contributed by atoms with E-state index in [1.165, 1.54) is 0 Å². The fraction of sp³-hybridized carbons (Fsp3) is 0. The molecule has 0 amide bonds. The second-order valence-corrected chi connectivity index (χ2v) is 0. The van der Waals surface area contributed by atoms with E-state index >= 15 is 0 Å². The van der Waals surface area contributed by atoms with Crippen LogP contribution in [-0.2, 0) is 19.5 Å². The maximum Gasteiger partial charge on any atom is 0 e. The maximum atomic E-state index is 0. The van der Waals surface area contributed by atoms with Crippen molar-refractivity contribution in [1.29, 1.82) is 0 Å². The summed E-state index contributed by atoms with van der Waals surface area (Å²) in [7, 11) is 0. The molecule has 5 heteroatoms. The molecule has 0 unspecified atom stereocenters. The third-order valence-corrected chi connectivity index (χ3v) is 0. The van der Waals surface area contributed by atoms with Gasteiger partial charge in [-0.2, -0.15) is 0 Å². The number of hydrogen-bond acceptors (Lipinski definition) is 0. The third kappa shape index (κ3) is 39.6. The minimum absolute atomic E-state index is 0. The van der Waals surface area contributed by atoms with E-state index in [4.69, 9.17) is 0 Å². The van der Waals surface area contributed by atoms with Crippen molar-refractivity contribution < 1.29 is 49.8 Å². The molecule has 0 heterocycles. The van der Waals surface area contributed by atoms with Crippen molar-refractivity contribution in [3.63, 3.8) is 0 Å². The summed E-state index contributed by atoms with van der Waals surface area (Å²) in [6, 6.07) is 0. The summed E-state index contributed by atoms with van der Waals surface area (Å²) in [4.78, 5) is 0. The van der Waals surface area contributed by atoms with Crippen LogP contribution >= 0.6 is 0 Å². The SMILES string of the molecule is O.[Cl-].[Cl-].[NH4+].[Zn]. The Morgan fingerprint density at radius 3 is 0.800 bits per heavy atom. The van der Waals surface area contributed by atoms with Crippen LogP contribution in [0.15, 0.2) is 0 Å². The van der Waals surface area contributed by atoms with Gasteiger partial charge in [0, 0.05) is 19.5 Å². The zero-order chi connectivity index (χ0) is 0. The zero-order valence-electron chi connectivity index (χ0n) is 2.96. The fourth-order valence-electron chi connectivity index (χ4n) is 0. The predicted octanol–water partition coefficient (Wildman–Crippen LogP) is -6.44. The summed E-state index contributed by atoms with van der Waals surface area (Å²) >= 11 is 0. The van der Waals surface area contributed by atoms with Gasteiger partial charge in [0.25, 0.3) is 0 Å². The average molecular weight is 172 g/mol. The molecule has 0 radical (unpaired) electrons. The summed E-state index contributed by atoms with van der Waals surface area (Å²) in [5, 5.41) is 0. The summed E-state index contributed by atoms with van der Waals surface area (Å²) in [6.45, 7) is 0. The van der Waals surface area contributed by atoms with E-state index in [9.17, 15) is 0 Å². The fourth-order valence-corrected chi connectivity index (χ4v) is 0. The maximum absolute atomic E-state index is 0. The van der Waals surface area contributed by atoms with Gasteiger partial charge in [-0.25, -0.2) is 0 Å². The smallest absolute Gasteiger partial charge is 0 e. The predicted molar refractivity (Wildman–Crippen MR) is 9.60 cm³/mol. The molecular weight excluding hydrogens is 166 g/mol. The molecule has 5 heavy (non-hydrogen) atoms. The topological polar surface area (TPSA) is 68.0 Å². The van der Waals surface area contributed by atoms with Crippen LogP contribution in [0.4, 0.5) is 0 Å². The van der Waals surface area contributed by atoms with Crippen LogP contribution in [0.5, 0.6) is 0 Å². The molecule has 0 aliphatic carbocycles. The van der Waals surface area contributed by atoms with Gasteiger partial charge in [0.1, 0.15) is 0 Å². The molecule has 0 atom stereocenters. The van der Waals surface area contributed by atoms with E-state index in [1.807, 2.05) is 0 Å². The summed E-state index contributed by atoms with van der Waals surface area (Å²) in [5.74, 6) is 0. The first-order valence-electron chi connectivity index (χ1n) is 0. The second-order valence-electron chi connectivity index (χ2n) is 0. The zero-order valence-corrected chi connectivity index (χ0v) is 7.44. The van der Waals surface area contributed by atoms with Crippen LogP contribution in [-0.4, -0.2) is 5.48 Å². The number of rotatable bonds is 0. The molecule has 0 aliphatic rings. The molecule has 0 saturated heterocycles. The molecule has 0 saturated carbocycles. The summed E-state index contributed by atoms with van der Waals surface area (Å²) < 4.78 is 0. The number of halogens is 2. The Morgan fingerprint density at radius 1 is 0.800 bits per heavy atom. The van der Waals surface area contributed by atoms with Crippen LogP contribution in [0, 0.1) is 0 Å². The first kappa shape index (κ1) is 127. The second kappa shape index (κ2) is 69.0. The Hall–Kier alpha value is 1.12.